The smallest absolute Gasteiger partial charge is 0.268 e. The van der Waals surface area contributed by atoms with Gasteiger partial charge in [0.05, 0.1) is 13.2 Å². The van der Waals surface area contributed by atoms with Crippen LogP contribution in [0.25, 0.3) is 0 Å². The summed E-state index contributed by atoms with van der Waals surface area (Å²) in [4.78, 5) is 25.9. The number of nitrogens with two attached hydrogens (primary N) is 1. The van der Waals surface area contributed by atoms with Crippen LogP contribution in [0.4, 0.5) is 0 Å². The van der Waals surface area contributed by atoms with Crippen molar-refractivity contribution in [3.63, 3.8) is 0 Å². The highest BCUT2D eigenvalue weighted by molar-refractivity contribution is 5.92. The molecular weight excluding hydrogens is 320 g/mol. The minimum Gasteiger partial charge on any atom is -0.476 e. The average molecular weight is 340 g/mol. The minimum absolute atomic E-state index is 0.103. The first-order valence-electron chi connectivity index (χ1n) is 8.13. The quantitative estimate of drug-likeness (QED) is 0.899. The molecule has 2 aromatic carbocycles. The fourth-order valence-electron chi connectivity index (χ4n) is 2.67. The number of ether oxygens (including phenoxy) is 2. The lowest BCUT2D eigenvalue weighted by Gasteiger charge is -2.30. The first-order valence-corrected chi connectivity index (χ1v) is 8.13. The Hall–Kier alpha value is -2.86. The van der Waals surface area contributed by atoms with Gasteiger partial charge in [-0.15, -0.1) is 0 Å². The molecule has 0 bridgehead atoms. The van der Waals surface area contributed by atoms with E-state index in [1.165, 1.54) is 0 Å². The van der Waals surface area contributed by atoms with Gasteiger partial charge in [-0.2, -0.15) is 0 Å². The van der Waals surface area contributed by atoms with Crippen molar-refractivity contribution in [1.82, 2.24) is 4.90 Å². The molecule has 1 fully saturated rings. The number of amides is 2. The van der Waals surface area contributed by atoms with Gasteiger partial charge in [0.15, 0.2) is 0 Å². The Balaban J connectivity index is 1.83. The highest BCUT2D eigenvalue weighted by Crippen LogP contribution is 2.25. The van der Waals surface area contributed by atoms with Crippen LogP contribution in [0.1, 0.15) is 22.0 Å². The molecule has 1 aliphatic heterocycles. The third-order valence-electron chi connectivity index (χ3n) is 4.04. The summed E-state index contributed by atoms with van der Waals surface area (Å²) >= 11 is 0. The van der Waals surface area contributed by atoms with E-state index in [2.05, 4.69) is 0 Å². The number of nitrogens with zero attached hydrogens (tertiary/aromatic N) is 1. The lowest BCUT2D eigenvalue weighted by Crippen LogP contribution is -2.44. The molecule has 0 aliphatic carbocycles. The van der Waals surface area contributed by atoms with Gasteiger partial charge in [0, 0.05) is 24.2 Å². The summed E-state index contributed by atoms with van der Waals surface area (Å²) in [5, 5.41) is 0. The van der Waals surface area contributed by atoms with Crippen molar-refractivity contribution in [3.8, 4) is 5.75 Å². The van der Waals surface area contributed by atoms with Gasteiger partial charge in [0.2, 0.25) is 12.0 Å². The largest absolute Gasteiger partial charge is 0.476 e. The number of morpholine rings is 1. The predicted molar refractivity (Wildman–Crippen MR) is 92.2 cm³/mol. The Morgan fingerprint density at radius 1 is 1.00 bits per heavy atom. The fourth-order valence-corrected chi connectivity index (χ4v) is 2.67. The van der Waals surface area contributed by atoms with Crippen LogP contribution in [-0.2, 0) is 9.53 Å². The van der Waals surface area contributed by atoms with E-state index in [0.717, 1.165) is 5.56 Å². The lowest BCUT2D eigenvalue weighted by atomic mass is 10.1. The Kier molecular flexibility index (Phi) is 5.30. The monoisotopic (exact) mass is 340 g/mol. The molecule has 0 unspecified atom stereocenters. The first-order chi connectivity index (χ1) is 12.1. The van der Waals surface area contributed by atoms with Crippen LogP contribution in [0, 0.1) is 0 Å². The Morgan fingerprint density at radius 3 is 2.24 bits per heavy atom. The molecule has 0 spiro atoms. The van der Waals surface area contributed by atoms with Gasteiger partial charge in [-0.05, 0) is 24.3 Å². The summed E-state index contributed by atoms with van der Waals surface area (Å²) in [6.45, 7) is 2.15. The first kappa shape index (κ1) is 17.0. The Labute approximate surface area is 146 Å². The molecular formula is C19H20N2O4. The second kappa shape index (κ2) is 7.81. The van der Waals surface area contributed by atoms with E-state index < -0.39 is 12.0 Å². The van der Waals surface area contributed by atoms with Crippen molar-refractivity contribution in [3.05, 3.63) is 65.7 Å². The molecule has 0 radical (unpaired) electrons. The maximum atomic E-state index is 12.9. The van der Waals surface area contributed by atoms with Crippen molar-refractivity contribution in [1.29, 1.82) is 0 Å². The van der Waals surface area contributed by atoms with Crippen LogP contribution in [-0.4, -0.2) is 43.0 Å². The van der Waals surface area contributed by atoms with Crippen molar-refractivity contribution in [2.24, 2.45) is 5.73 Å². The van der Waals surface area contributed by atoms with Gasteiger partial charge in [-0.1, -0.05) is 30.3 Å². The molecule has 6 heteroatoms. The predicted octanol–water partition coefficient (Wildman–Crippen LogP) is 1.76. The van der Waals surface area contributed by atoms with Crippen LogP contribution in [0.5, 0.6) is 5.75 Å². The Morgan fingerprint density at radius 2 is 1.64 bits per heavy atom. The number of rotatable bonds is 5. The number of hydrogen-bond acceptors (Lipinski definition) is 4. The van der Waals surface area contributed by atoms with Crippen molar-refractivity contribution >= 4 is 11.8 Å². The Bertz CT molecular complexity index is 725. The summed E-state index contributed by atoms with van der Waals surface area (Å²) in [5.74, 6) is -0.107. The van der Waals surface area contributed by atoms with E-state index in [-0.39, 0.29) is 5.91 Å². The third-order valence-corrected chi connectivity index (χ3v) is 4.04. The van der Waals surface area contributed by atoms with Gasteiger partial charge < -0.3 is 20.1 Å². The molecule has 1 atom stereocenters. The molecule has 130 valence electrons. The molecule has 0 aromatic heterocycles. The van der Waals surface area contributed by atoms with Crippen molar-refractivity contribution in [2.75, 3.05) is 26.3 Å². The molecule has 3 rings (SSSR count). The van der Waals surface area contributed by atoms with Crippen LogP contribution < -0.4 is 10.5 Å². The standard InChI is InChI=1S/C19H20N2O4/c20-18(22)15-6-8-16(9-7-15)25-17(14-4-2-1-3-5-14)19(23)21-10-12-24-13-11-21/h1-9,17H,10-13H2,(H2,20,22)/t17-/m0/s1. The van der Waals surface area contributed by atoms with Crippen molar-refractivity contribution in [2.45, 2.75) is 6.10 Å². The molecule has 2 aromatic rings. The van der Waals surface area contributed by atoms with Gasteiger partial charge in [0.1, 0.15) is 5.75 Å². The van der Waals surface area contributed by atoms with Crippen molar-refractivity contribution < 1.29 is 19.1 Å². The van der Waals surface area contributed by atoms with E-state index in [0.29, 0.717) is 37.6 Å². The molecule has 2 N–H and O–H groups in total. The van der Waals surface area contributed by atoms with Gasteiger partial charge in [-0.3, -0.25) is 9.59 Å². The van der Waals surface area contributed by atoms with Crippen LogP contribution in [0.3, 0.4) is 0 Å². The summed E-state index contributed by atoms with van der Waals surface area (Å²) in [7, 11) is 0. The van der Waals surface area contributed by atoms with Gasteiger partial charge in [0.25, 0.3) is 5.91 Å². The molecule has 6 nitrogen and oxygen atoms in total. The highest BCUT2D eigenvalue weighted by atomic mass is 16.5. The maximum absolute atomic E-state index is 12.9. The summed E-state index contributed by atoms with van der Waals surface area (Å²) in [6.07, 6.45) is -0.751. The van der Waals surface area contributed by atoms with Crippen LogP contribution in [0.2, 0.25) is 0 Å². The van der Waals surface area contributed by atoms with E-state index in [9.17, 15) is 9.59 Å². The van der Waals surface area contributed by atoms with E-state index >= 15 is 0 Å². The number of carbonyl (C=O) groups excluding carboxylic acids is 2. The molecule has 0 saturated carbocycles. The van der Waals surface area contributed by atoms with Crippen LogP contribution >= 0.6 is 0 Å². The molecule has 2 amide bonds. The average Bonchev–Trinajstić information content (AvgIpc) is 2.67. The summed E-state index contributed by atoms with van der Waals surface area (Å²) in [6, 6.07) is 15.8. The number of benzene rings is 2. The maximum Gasteiger partial charge on any atom is 0.268 e. The van der Waals surface area contributed by atoms with Gasteiger partial charge in [-0.25, -0.2) is 0 Å². The number of carbonyl (C=O) groups is 2. The second-order valence-corrected chi connectivity index (χ2v) is 5.73. The van der Waals surface area contributed by atoms with E-state index in [1.54, 1.807) is 29.2 Å². The second-order valence-electron chi connectivity index (χ2n) is 5.73. The zero-order chi connectivity index (χ0) is 17.6. The highest BCUT2D eigenvalue weighted by Gasteiger charge is 2.29. The fraction of sp³-hybridized carbons (Fsp3) is 0.263. The molecule has 25 heavy (non-hydrogen) atoms. The zero-order valence-electron chi connectivity index (χ0n) is 13.8. The SMILES string of the molecule is NC(=O)c1ccc(O[C@H](C(=O)N2CCOCC2)c2ccccc2)cc1. The normalized spacial score (nSPS) is 15.4. The number of primary amides is 1. The molecule has 1 saturated heterocycles. The topological polar surface area (TPSA) is 81.9 Å². The lowest BCUT2D eigenvalue weighted by molar-refractivity contribution is -0.143. The van der Waals surface area contributed by atoms with Crippen LogP contribution in [0.15, 0.2) is 54.6 Å². The van der Waals surface area contributed by atoms with Gasteiger partial charge >= 0.3 is 0 Å². The third kappa shape index (κ3) is 4.16. The number of hydrogen-bond donors (Lipinski definition) is 1. The molecule has 1 aliphatic rings. The summed E-state index contributed by atoms with van der Waals surface area (Å²) < 4.78 is 11.3. The summed E-state index contributed by atoms with van der Waals surface area (Å²) in [5.41, 5.74) is 6.42. The van der Waals surface area contributed by atoms with E-state index in [4.69, 9.17) is 15.2 Å². The van der Waals surface area contributed by atoms with E-state index in [1.807, 2.05) is 30.3 Å². The molecule has 1 heterocycles. The zero-order valence-corrected chi connectivity index (χ0v) is 13.8. The minimum atomic E-state index is -0.751.